The fraction of sp³-hybridized carbons (Fsp3) is 0.500. The monoisotopic (exact) mass is 242 g/mol. The minimum atomic E-state index is 0.731. The van der Waals surface area contributed by atoms with Crippen LogP contribution in [0.25, 0.3) is 0 Å². The van der Waals surface area contributed by atoms with E-state index in [1.807, 2.05) is 33.2 Å². The Morgan fingerprint density at radius 3 is 2.62 bits per heavy atom. The number of halogens is 1. The highest BCUT2D eigenvalue weighted by Gasteiger charge is 2.06. The van der Waals surface area contributed by atoms with Gasteiger partial charge in [0.05, 0.1) is 12.8 Å². The third-order valence-corrected chi connectivity index (χ3v) is 2.76. The summed E-state index contributed by atoms with van der Waals surface area (Å²) in [4.78, 5) is 2.13. The van der Waals surface area contributed by atoms with Crippen molar-refractivity contribution in [3.8, 4) is 5.75 Å². The quantitative estimate of drug-likeness (QED) is 0.859. The summed E-state index contributed by atoms with van der Waals surface area (Å²) in [5, 5.41) is 4.07. The van der Waals surface area contributed by atoms with Crippen LogP contribution in [0.2, 0.25) is 5.02 Å². The lowest BCUT2D eigenvalue weighted by atomic mass is 10.2. The molecule has 1 aromatic carbocycles. The van der Waals surface area contributed by atoms with E-state index in [0.717, 1.165) is 35.1 Å². The number of anilines is 1. The van der Waals surface area contributed by atoms with Gasteiger partial charge in [0.25, 0.3) is 0 Å². The van der Waals surface area contributed by atoms with Gasteiger partial charge in [0.15, 0.2) is 0 Å². The molecule has 16 heavy (non-hydrogen) atoms. The van der Waals surface area contributed by atoms with Crippen molar-refractivity contribution in [1.29, 1.82) is 0 Å². The smallest absolute Gasteiger partial charge is 0.143 e. The first-order chi connectivity index (χ1) is 7.54. The van der Waals surface area contributed by atoms with Crippen LogP contribution in [0.5, 0.6) is 5.75 Å². The molecule has 3 nitrogen and oxygen atoms in total. The molecule has 0 heterocycles. The molecule has 90 valence electrons. The Labute approximate surface area is 102 Å². The Morgan fingerprint density at radius 2 is 2.06 bits per heavy atom. The van der Waals surface area contributed by atoms with E-state index in [1.54, 1.807) is 7.11 Å². The van der Waals surface area contributed by atoms with Gasteiger partial charge in [0, 0.05) is 24.2 Å². The van der Waals surface area contributed by atoms with E-state index in [4.69, 9.17) is 16.3 Å². The van der Waals surface area contributed by atoms with E-state index in [0.29, 0.717) is 0 Å². The van der Waals surface area contributed by atoms with Gasteiger partial charge in [-0.05, 0) is 32.6 Å². The molecule has 0 radical (unpaired) electrons. The molecule has 0 aromatic heterocycles. The lowest BCUT2D eigenvalue weighted by Crippen LogP contribution is -2.21. The summed E-state index contributed by atoms with van der Waals surface area (Å²) in [6, 6.07) is 3.85. The summed E-state index contributed by atoms with van der Waals surface area (Å²) in [5.41, 5.74) is 2.04. The average molecular weight is 243 g/mol. The lowest BCUT2D eigenvalue weighted by molar-refractivity contribution is 0.413. The van der Waals surface area contributed by atoms with Crippen molar-refractivity contribution in [3.05, 3.63) is 22.7 Å². The van der Waals surface area contributed by atoms with Gasteiger partial charge >= 0.3 is 0 Å². The standard InChI is InChI=1S/C12H19ClN2O/c1-9-7-11(14-5-6-15(2)3)12(16-4)8-10(9)13/h7-8,14H,5-6H2,1-4H3. The summed E-state index contributed by atoms with van der Waals surface area (Å²) >= 11 is 6.03. The van der Waals surface area contributed by atoms with E-state index in [-0.39, 0.29) is 0 Å². The van der Waals surface area contributed by atoms with Crippen molar-refractivity contribution in [3.63, 3.8) is 0 Å². The van der Waals surface area contributed by atoms with E-state index < -0.39 is 0 Å². The fourth-order valence-corrected chi connectivity index (χ4v) is 1.54. The third-order valence-electron chi connectivity index (χ3n) is 2.36. The van der Waals surface area contributed by atoms with Crippen LogP contribution in [0.3, 0.4) is 0 Å². The largest absolute Gasteiger partial charge is 0.495 e. The van der Waals surface area contributed by atoms with Crippen LogP contribution >= 0.6 is 11.6 Å². The van der Waals surface area contributed by atoms with E-state index in [1.165, 1.54) is 0 Å². The number of methoxy groups -OCH3 is 1. The molecule has 0 aliphatic carbocycles. The maximum Gasteiger partial charge on any atom is 0.143 e. The summed E-state index contributed by atoms with van der Waals surface area (Å²) in [7, 11) is 5.75. The highest BCUT2D eigenvalue weighted by Crippen LogP contribution is 2.30. The molecule has 4 heteroatoms. The Balaban J connectivity index is 2.74. The molecule has 0 unspecified atom stereocenters. The minimum absolute atomic E-state index is 0.731. The predicted octanol–water partition coefficient (Wildman–Crippen LogP) is 2.63. The normalized spacial score (nSPS) is 10.6. The zero-order valence-electron chi connectivity index (χ0n) is 10.3. The maximum absolute atomic E-state index is 6.03. The van der Waals surface area contributed by atoms with Crippen LogP contribution < -0.4 is 10.1 Å². The van der Waals surface area contributed by atoms with Crippen LogP contribution in [-0.2, 0) is 0 Å². The van der Waals surface area contributed by atoms with Crippen LogP contribution in [-0.4, -0.2) is 39.2 Å². The number of hydrogen-bond donors (Lipinski definition) is 1. The Morgan fingerprint density at radius 1 is 1.38 bits per heavy atom. The number of nitrogens with zero attached hydrogens (tertiary/aromatic N) is 1. The topological polar surface area (TPSA) is 24.5 Å². The highest BCUT2D eigenvalue weighted by atomic mass is 35.5. The zero-order chi connectivity index (χ0) is 12.1. The molecule has 0 bridgehead atoms. The summed E-state index contributed by atoms with van der Waals surface area (Å²) in [6.07, 6.45) is 0. The van der Waals surface area contributed by atoms with Crippen molar-refractivity contribution in [2.24, 2.45) is 0 Å². The molecule has 0 fully saturated rings. The molecule has 0 aliphatic heterocycles. The van der Waals surface area contributed by atoms with Crippen molar-refractivity contribution in [1.82, 2.24) is 4.90 Å². The predicted molar refractivity (Wildman–Crippen MR) is 69.8 cm³/mol. The number of hydrogen-bond acceptors (Lipinski definition) is 3. The van der Waals surface area contributed by atoms with Crippen molar-refractivity contribution >= 4 is 17.3 Å². The first-order valence-electron chi connectivity index (χ1n) is 5.27. The molecule has 0 atom stereocenters. The molecule has 0 amide bonds. The Hall–Kier alpha value is -0.930. The molecule has 0 saturated carbocycles. The van der Waals surface area contributed by atoms with Crippen molar-refractivity contribution in [2.45, 2.75) is 6.92 Å². The first kappa shape index (κ1) is 13.1. The SMILES string of the molecule is COc1cc(Cl)c(C)cc1NCCN(C)C. The number of nitrogens with one attached hydrogen (secondary N) is 1. The Bertz CT molecular complexity index is 353. The molecule has 0 aliphatic rings. The summed E-state index contributed by atoms with van der Waals surface area (Å²) < 4.78 is 5.28. The molecule has 1 aromatic rings. The highest BCUT2D eigenvalue weighted by molar-refractivity contribution is 6.31. The van der Waals surface area contributed by atoms with Gasteiger partial charge in [-0.2, -0.15) is 0 Å². The first-order valence-corrected chi connectivity index (χ1v) is 5.65. The number of ether oxygens (including phenoxy) is 1. The Kier molecular flexibility index (Phi) is 4.90. The fourth-order valence-electron chi connectivity index (χ4n) is 1.38. The molecule has 0 spiro atoms. The van der Waals surface area contributed by atoms with Crippen molar-refractivity contribution in [2.75, 3.05) is 39.6 Å². The van der Waals surface area contributed by atoms with Gasteiger partial charge < -0.3 is 15.0 Å². The number of likely N-dealkylation sites (N-methyl/N-ethyl adjacent to an activating group) is 1. The van der Waals surface area contributed by atoms with E-state index in [9.17, 15) is 0 Å². The van der Waals surface area contributed by atoms with Gasteiger partial charge in [-0.15, -0.1) is 0 Å². The van der Waals surface area contributed by atoms with Crippen LogP contribution in [0.15, 0.2) is 12.1 Å². The van der Waals surface area contributed by atoms with Gasteiger partial charge in [-0.25, -0.2) is 0 Å². The molecule has 0 saturated heterocycles. The van der Waals surface area contributed by atoms with Gasteiger partial charge in [0.1, 0.15) is 5.75 Å². The van der Waals surface area contributed by atoms with Gasteiger partial charge in [-0.1, -0.05) is 11.6 Å². The van der Waals surface area contributed by atoms with E-state index >= 15 is 0 Å². The third kappa shape index (κ3) is 3.58. The van der Waals surface area contributed by atoms with Crippen molar-refractivity contribution < 1.29 is 4.74 Å². The second kappa shape index (κ2) is 5.97. The van der Waals surface area contributed by atoms with Crippen LogP contribution in [0.4, 0.5) is 5.69 Å². The van der Waals surface area contributed by atoms with Crippen LogP contribution in [0, 0.1) is 6.92 Å². The lowest BCUT2D eigenvalue weighted by Gasteiger charge is -2.15. The summed E-state index contributed by atoms with van der Waals surface area (Å²) in [5.74, 6) is 0.786. The molecular weight excluding hydrogens is 224 g/mol. The molecule has 1 N–H and O–H groups in total. The second-order valence-corrected chi connectivity index (χ2v) is 4.44. The van der Waals surface area contributed by atoms with Gasteiger partial charge in [-0.3, -0.25) is 0 Å². The second-order valence-electron chi connectivity index (χ2n) is 4.03. The van der Waals surface area contributed by atoms with Gasteiger partial charge in [0.2, 0.25) is 0 Å². The van der Waals surface area contributed by atoms with E-state index in [2.05, 4.69) is 10.2 Å². The zero-order valence-corrected chi connectivity index (χ0v) is 11.1. The molecule has 1 rings (SSSR count). The number of benzene rings is 1. The summed E-state index contributed by atoms with van der Waals surface area (Å²) in [6.45, 7) is 3.84. The molecular formula is C12H19ClN2O. The number of aryl methyl sites for hydroxylation is 1. The van der Waals surface area contributed by atoms with Crippen LogP contribution in [0.1, 0.15) is 5.56 Å². The minimum Gasteiger partial charge on any atom is -0.495 e. The number of rotatable bonds is 5. The average Bonchev–Trinajstić information content (AvgIpc) is 2.22. The maximum atomic E-state index is 6.03.